The fourth-order valence-electron chi connectivity index (χ4n) is 2.39. The first-order valence-electron chi connectivity index (χ1n) is 7.99. The maximum Gasteiger partial charge on any atom is 0.361 e. The van der Waals surface area contributed by atoms with E-state index in [2.05, 4.69) is 15.5 Å². The van der Waals surface area contributed by atoms with Crippen LogP contribution in [0.4, 0.5) is 5.69 Å². The van der Waals surface area contributed by atoms with Gasteiger partial charge in [0.25, 0.3) is 11.3 Å². The van der Waals surface area contributed by atoms with Crippen LogP contribution in [0.25, 0.3) is 11.1 Å². The zero-order valence-corrected chi connectivity index (χ0v) is 14.6. The molecule has 0 aliphatic heterocycles. The molecule has 0 fully saturated rings. The van der Waals surface area contributed by atoms with Crippen LogP contribution in [0.15, 0.2) is 39.9 Å². The lowest BCUT2D eigenvalue weighted by molar-refractivity contribution is -0.116. The van der Waals surface area contributed by atoms with E-state index in [1.165, 1.54) is 7.11 Å². The molecule has 0 saturated heterocycles. The van der Waals surface area contributed by atoms with E-state index in [4.69, 9.17) is 14.0 Å². The van der Waals surface area contributed by atoms with Crippen LogP contribution in [0, 0.1) is 0 Å². The summed E-state index contributed by atoms with van der Waals surface area (Å²) in [5.41, 5.74) is -0.497. The Morgan fingerprint density at radius 1 is 1.33 bits per heavy atom. The van der Waals surface area contributed by atoms with Gasteiger partial charge >= 0.3 is 5.97 Å². The number of nitrogens with zero attached hydrogens (tertiary/aromatic N) is 3. The summed E-state index contributed by atoms with van der Waals surface area (Å²) in [6, 6.07) is 6.78. The van der Waals surface area contributed by atoms with Crippen molar-refractivity contribution in [2.24, 2.45) is 0 Å². The predicted octanol–water partition coefficient (Wildman–Crippen LogP) is 1.21. The van der Waals surface area contributed by atoms with E-state index in [0.29, 0.717) is 11.4 Å². The Morgan fingerprint density at radius 3 is 2.89 bits per heavy atom. The lowest BCUT2D eigenvalue weighted by Gasteiger charge is -2.08. The minimum Gasteiger partial charge on any atom is -0.497 e. The van der Waals surface area contributed by atoms with E-state index >= 15 is 0 Å². The number of fused-ring (bicyclic) bond motifs is 1. The quantitative estimate of drug-likeness (QED) is 0.640. The first-order valence-corrected chi connectivity index (χ1v) is 7.99. The number of ether oxygens (including phenoxy) is 2. The molecular formula is C17H16N4O6. The SMILES string of the molecule is CCOC(=O)c1noc2ncn(CC(=O)Nc3cccc(OC)c3)c(=O)c12. The largest absolute Gasteiger partial charge is 0.497 e. The highest BCUT2D eigenvalue weighted by Crippen LogP contribution is 2.17. The molecule has 10 heteroatoms. The molecule has 0 saturated carbocycles. The Balaban J connectivity index is 1.85. The minimum absolute atomic E-state index is 0.104. The predicted molar refractivity (Wildman–Crippen MR) is 93.6 cm³/mol. The molecule has 3 rings (SSSR count). The van der Waals surface area contributed by atoms with Gasteiger partial charge in [-0.2, -0.15) is 0 Å². The fraction of sp³-hybridized carbons (Fsp3) is 0.235. The van der Waals surface area contributed by atoms with Gasteiger partial charge in [0.1, 0.15) is 24.0 Å². The van der Waals surface area contributed by atoms with E-state index < -0.39 is 17.4 Å². The summed E-state index contributed by atoms with van der Waals surface area (Å²) < 4.78 is 15.9. The number of esters is 1. The second kappa shape index (κ2) is 7.68. The number of aromatic nitrogens is 3. The number of methoxy groups -OCH3 is 1. The third kappa shape index (κ3) is 3.78. The number of benzene rings is 1. The highest BCUT2D eigenvalue weighted by atomic mass is 16.5. The van der Waals surface area contributed by atoms with Crippen molar-refractivity contribution in [3.05, 3.63) is 46.6 Å². The van der Waals surface area contributed by atoms with Crippen LogP contribution >= 0.6 is 0 Å². The molecule has 0 aliphatic carbocycles. The number of anilines is 1. The molecule has 2 heterocycles. The van der Waals surface area contributed by atoms with Crippen LogP contribution in [0.5, 0.6) is 5.75 Å². The Hall–Kier alpha value is -3.69. The smallest absolute Gasteiger partial charge is 0.361 e. The second-order valence-corrected chi connectivity index (χ2v) is 5.39. The molecular weight excluding hydrogens is 356 g/mol. The topological polar surface area (TPSA) is 126 Å². The summed E-state index contributed by atoms with van der Waals surface area (Å²) in [6.07, 6.45) is 1.15. The Kier molecular flexibility index (Phi) is 5.15. The number of carbonyl (C=O) groups excluding carboxylic acids is 2. The van der Waals surface area contributed by atoms with E-state index in [9.17, 15) is 14.4 Å². The number of carbonyl (C=O) groups is 2. The molecule has 10 nitrogen and oxygen atoms in total. The van der Waals surface area contributed by atoms with Gasteiger partial charge in [0.2, 0.25) is 11.6 Å². The van der Waals surface area contributed by atoms with Crippen LogP contribution < -0.4 is 15.6 Å². The third-order valence-corrected chi connectivity index (χ3v) is 3.60. The lowest BCUT2D eigenvalue weighted by Crippen LogP contribution is -2.28. The first kappa shape index (κ1) is 18.1. The van der Waals surface area contributed by atoms with Crippen LogP contribution in [0.2, 0.25) is 0 Å². The van der Waals surface area contributed by atoms with Crippen molar-refractivity contribution in [2.75, 3.05) is 19.0 Å². The van der Waals surface area contributed by atoms with Gasteiger partial charge in [-0.25, -0.2) is 9.78 Å². The maximum absolute atomic E-state index is 12.6. The van der Waals surface area contributed by atoms with E-state index in [0.717, 1.165) is 10.9 Å². The van der Waals surface area contributed by atoms with Gasteiger partial charge in [-0.3, -0.25) is 14.2 Å². The highest BCUT2D eigenvalue weighted by Gasteiger charge is 2.22. The normalized spacial score (nSPS) is 10.6. The summed E-state index contributed by atoms with van der Waals surface area (Å²) in [6.45, 7) is 1.43. The first-order chi connectivity index (χ1) is 13.0. The summed E-state index contributed by atoms with van der Waals surface area (Å²) >= 11 is 0. The van der Waals surface area contributed by atoms with Crippen molar-refractivity contribution >= 4 is 28.7 Å². The maximum atomic E-state index is 12.6. The molecule has 1 N–H and O–H groups in total. The summed E-state index contributed by atoms with van der Waals surface area (Å²) in [7, 11) is 1.52. The average Bonchev–Trinajstić information content (AvgIpc) is 3.09. The van der Waals surface area contributed by atoms with Crippen LogP contribution in [0.1, 0.15) is 17.4 Å². The van der Waals surface area contributed by atoms with Crippen LogP contribution in [0.3, 0.4) is 0 Å². The average molecular weight is 372 g/mol. The van der Waals surface area contributed by atoms with Crippen molar-refractivity contribution in [3.63, 3.8) is 0 Å². The third-order valence-electron chi connectivity index (χ3n) is 3.60. The van der Waals surface area contributed by atoms with Gasteiger partial charge in [0, 0.05) is 11.8 Å². The van der Waals surface area contributed by atoms with Crippen molar-refractivity contribution in [1.82, 2.24) is 14.7 Å². The molecule has 0 bridgehead atoms. The van der Waals surface area contributed by atoms with Crippen molar-refractivity contribution in [3.8, 4) is 5.75 Å². The number of hydrogen-bond acceptors (Lipinski definition) is 8. The zero-order valence-electron chi connectivity index (χ0n) is 14.6. The van der Waals surface area contributed by atoms with Crippen molar-refractivity contribution in [2.45, 2.75) is 13.5 Å². The second-order valence-electron chi connectivity index (χ2n) is 5.39. The number of hydrogen-bond donors (Lipinski definition) is 1. The minimum atomic E-state index is -0.797. The Labute approximate surface area is 152 Å². The molecule has 0 atom stereocenters. The highest BCUT2D eigenvalue weighted by molar-refractivity contribution is 5.99. The molecule has 140 valence electrons. The van der Waals surface area contributed by atoms with Gasteiger partial charge in [-0.15, -0.1) is 0 Å². The molecule has 2 aromatic heterocycles. The number of amides is 1. The zero-order chi connectivity index (χ0) is 19.4. The Bertz CT molecular complexity index is 1060. The molecule has 3 aromatic rings. The fourth-order valence-corrected chi connectivity index (χ4v) is 2.39. The number of nitrogens with one attached hydrogen (secondary N) is 1. The standard InChI is InChI=1S/C17H16N4O6/c1-3-26-17(24)14-13-15(27-20-14)18-9-21(16(13)23)8-12(22)19-10-5-4-6-11(7-10)25-2/h4-7,9H,3,8H2,1-2H3,(H,19,22). The molecule has 0 aliphatic rings. The molecule has 0 unspecified atom stereocenters. The molecule has 0 radical (unpaired) electrons. The summed E-state index contributed by atoms with van der Waals surface area (Å²) in [5.74, 6) is -0.675. The van der Waals surface area contributed by atoms with E-state index in [1.54, 1.807) is 31.2 Å². The lowest BCUT2D eigenvalue weighted by atomic mass is 10.3. The Morgan fingerprint density at radius 2 is 2.15 bits per heavy atom. The molecule has 0 spiro atoms. The summed E-state index contributed by atoms with van der Waals surface area (Å²) in [4.78, 5) is 40.7. The van der Waals surface area contributed by atoms with Gasteiger partial charge in [0.15, 0.2) is 0 Å². The van der Waals surface area contributed by atoms with Crippen LogP contribution in [-0.4, -0.2) is 40.3 Å². The molecule has 27 heavy (non-hydrogen) atoms. The van der Waals surface area contributed by atoms with E-state index in [-0.39, 0.29) is 29.9 Å². The van der Waals surface area contributed by atoms with Crippen molar-refractivity contribution < 1.29 is 23.6 Å². The number of rotatable bonds is 6. The van der Waals surface area contributed by atoms with Crippen molar-refractivity contribution in [1.29, 1.82) is 0 Å². The van der Waals surface area contributed by atoms with Gasteiger partial charge in [-0.05, 0) is 19.1 Å². The van der Waals surface area contributed by atoms with Gasteiger partial charge in [-0.1, -0.05) is 11.2 Å². The molecule has 1 amide bonds. The molecule has 1 aromatic carbocycles. The summed E-state index contributed by atoms with van der Waals surface area (Å²) in [5, 5.41) is 6.06. The van der Waals surface area contributed by atoms with Gasteiger partial charge in [0.05, 0.1) is 13.7 Å². The van der Waals surface area contributed by atoms with Gasteiger partial charge < -0.3 is 19.3 Å². The van der Waals surface area contributed by atoms with E-state index in [1.807, 2.05) is 0 Å². The monoisotopic (exact) mass is 372 g/mol. The van der Waals surface area contributed by atoms with Crippen LogP contribution in [-0.2, 0) is 16.1 Å².